The molecular formula is C58H42N4. The SMILES string of the molecule is CC1(C)c2ccccc2-c2ccc(N(c3ccc(-c4ccc5c(c4)c4ccc6c(ccn6-c6ccccc6)c4n5-c4ccccc4)cc3)c3ccc(-c4ccccn4)cc3)cc21. The number of rotatable bonds is 7. The zero-order valence-corrected chi connectivity index (χ0v) is 34.6. The summed E-state index contributed by atoms with van der Waals surface area (Å²) >= 11 is 0. The van der Waals surface area contributed by atoms with Crippen LogP contribution >= 0.6 is 0 Å². The molecule has 0 saturated heterocycles. The summed E-state index contributed by atoms with van der Waals surface area (Å²) in [6, 6.07) is 74.9. The second kappa shape index (κ2) is 14.1. The van der Waals surface area contributed by atoms with E-state index in [2.05, 4.69) is 233 Å². The van der Waals surface area contributed by atoms with Crippen molar-refractivity contribution in [2.45, 2.75) is 19.3 Å². The van der Waals surface area contributed by atoms with Gasteiger partial charge in [-0.2, -0.15) is 0 Å². The lowest BCUT2D eigenvalue weighted by molar-refractivity contribution is 0.660. The molecule has 4 nitrogen and oxygen atoms in total. The zero-order chi connectivity index (χ0) is 41.4. The Kier molecular flexibility index (Phi) is 8.16. The maximum absolute atomic E-state index is 4.62. The van der Waals surface area contributed by atoms with Gasteiger partial charge in [-0.3, -0.25) is 4.98 Å². The first-order valence-electron chi connectivity index (χ1n) is 21.4. The maximum atomic E-state index is 4.62. The molecule has 294 valence electrons. The maximum Gasteiger partial charge on any atom is 0.0701 e. The first-order chi connectivity index (χ1) is 30.5. The highest BCUT2D eigenvalue weighted by molar-refractivity contribution is 6.19. The lowest BCUT2D eigenvalue weighted by Gasteiger charge is -2.28. The van der Waals surface area contributed by atoms with E-state index < -0.39 is 0 Å². The Bertz CT molecular complexity index is 3450. The highest BCUT2D eigenvalue weighted by Gasteiger charge is 2.35. The van der Waals surface area contributed by atoms with E-state index in [0.29, 0.717) is 0 Å². The van der Waals surface area contributed by atoms with E-state index in [1.54, 1.807) is 0 Å². The molecule has 0 atom stereocenters. The van der Waals surface area contributed by atoms with E-state index in [-0.39, 0.29) is 5.41 Å². The Labute approximate surface area is 361 Å². The second-order valence-corrected chi connectivity index (χ2v) is 16.9. The number of anilines is 3. The van der Waals surface area contributed by atoms with Crippen LogP contribution in [0.4, 0.5) is 17.1 Å². The number of fused-ring (bicyclic) bond motifs is 8. The van der Waals surface area contributed by atoms with Crippen LogP contribution in [0.25, 0.3) is 77.6 Å². The van der Waals surface area contributed by atoms with E-state index in [1.165, 1.54) is 66.1 Å². The van der Waals surface area contributed by atoms with Crippen molar-refractivity contribution in [2.75, 3.05) is 4.90 Å². The molecule has 0 radical (unpaired) electrons. The quantitative estimate of drug-likeness (QED) is 0.161. The number of para-hydroxylation sites is 2. The highest BCUT2D eigenvalue weighted by Crippen LogP contribution is 2.51. The largest absolute Gasteiger partial charge is 0.316 e. The average Bonchev–Trinajstić information content (AvgIpc) is 3.99. The van der Waals surface area contributed by atoms with Gasteiger partial charge in [0.2, 0.25) is 0 Å². The fourth-order valence-corrected chi connectivity index (χ4v) is 9.96. The lowest BCUT2D eigenvalue weighted by atomic mass is 9.82. The third-order valence-electron chi connectivity index (χ3n) is 13.0. The Hall–Kier alpha value is -7.95. The minimum atomic E-state index is -0.111. The minimum Gasteiger partial charge on any atom is -0.316 e. The summed E-state index contributed by atoms with van der Waals surface area (Å²) in [5, 5.41) is 3.70. The molecule has 11 aromatic rings. The van der Waals surface area contributed by atoms with Crippen LogP contribution in [0.5, 0.6) is 0 Å². The van der Waals surface area contributed by atoms with E-state index >= 15 is 0 Å². The Balaban J connectivity index is 0.972. The molecule has 0 bridgehead atoms. The monoisotopic (exact) mass is 794 g/mol. The molecule has 1 aliphatic rings. The number of hydrogen-bond donors (Lipinski definition) is 0. The van der Waals surface area contributed by atoms with Crippen molar-refractivity contribution in [3.63, 3.8) is 0 Å². The number of hydrogen-bond acceptors (Lipinski definition) is 2. The van der Waals surface area contributed by atoms with Crippen molar-refractivity contribution >= 4 is 49.8 Å². The second-order valence-electron chi connectivity index (χ2n) is 16.9. The van der Waals surface area contributed by atoms with Crippen molar-refractivity contribution in [2.24, 2.45) is 0 Å². The fraction of sp³-hybridized carbons (Fsp3) is 0.0517. The third-order valence-corrected chi connectivity index (χ3v) is 13.0. The topological polar surface area (TPSA) is 26.0 Å². The van der Waals surface area contributed by atoms with E-state index in [1.807, 2.05) is 18.3 Å². The molecule has 0 amide bonds. The summed E-state index contributed by atoms with van der Waals surface area (Å²) in [7, 11) is 0. The van der Waals surface area contributed by atoms with E-state index in [4.69, 9.17) is 0 Å². The molecule has 1 aliphatic carbocycles. The summed E-state index contributed by atoms with van der Waals surface area (Å²) < 4.78 is 4.72. The molecule has 4 heteroatoms. The summed E-state index contributed by atoms with van der Waals surface area (Å²) in [6.45, 7) is 4.69. The first-order valence-corrected chi connectivity index (χ1v) is 21.4. The number of nitrogens with zero attached hydrogens (tertiary/aromatic N) is 4. The van der Waals surface area contributed by atoms with Gasteiger partial charge in [0.05, 0.1) is 22.2 Å². The van der Waals surface area contributed by atoms with Gasteiger partial charge in [0, 0.05) is 68.0 Å². The van der Waals surface area contributed by atoms with E-state index in [0.717, 1.165) is 39.7 Å². The van der Waals surface area contributed by atoms with Crippen LogP contribution in [0.1, 0.15) is 25.0 Å². The molecule has 62 heavy (non-hydrogen) atoms. The van der Waals surface area contributed by atoms with Crippen molar-refractivity contribution in [1.29, 1.82) is 0 Å². The van der Waals surface area contributed by atoms with Gasteiger partial charge < -0.3 is 14.0 Å². The van der Waals surface area contributed by atoms with Crippen molar-refractivity contribution in [1.82, 2.24) is 14.1 Å². The van der Waals surface area contributed by atoms with Crippen molar-refractivity contribution in [3.8, 4) is 44.9 Å². The molecular weight excluding hydrogens is 753 g/mol. The van der Waals surface area contributed by atoms with Crippen LogP contribution in [0.2, 0.25) is 0 Å². The van der Waals surface area contributed by atoms with Gasteiger partial charge in [0.25, 0.3) is 0 Å². The van der Waals surface area contributed by atoms with E-state index in [9.17, 15) is 0 Å². The third kappa shape index (κ3) is 5.64. The normalized spacial score (nSPS) is 12.8. The Morgan fingerprint density at radius 2 is 1.06 bits per heavy atom. The average molecular weight is 795 g/mol. The highest BCUT2D eigenvalue weighted by atomic mass is 15.1. The molecule has 0 unspecified atom stereocenters. The predicted octanol–water partition coefficient (Wildman–Crippen LogP) is 15.2. The van der Waals surface area contributed by atoms with Gasteiger partial charge in [0.15, 0.2) is 0 Å². The van der Waals surface area contributed by atoms with Crippen LogP contribution in [-0.2, 0) is 5.41 Å². The van der Waals surface area contributed by atoms with Gasteiger partial charge in [-0.1, -0.05) is 123 Å². The molecule has 8 aromatic carbocycles. The van der Waals surface area contributed by atoms with Gasteiger partial charge >= 0.3 is 0 Å². The van der Waals surface area contributed by atoms with Crippen LogP contribution in [-0.4, -0.2) is 14.1 Å². The van der Waals surface area contributed by atoms with Crippen LogP contribution in [0.3, 0.4) is 0 Å². The zero-order valence-electron chi connectivity index (χ0n) is 34.6. The molecule has 0 fully saturated rings. The van der Waals surface area contributed by atoms with Gasteiger partial charge in [-0.15, -0.1) is 0 Å². The minimum absolute atomic E-state index is 0.111. The number of pyridine rings is 1. The molecule has 0 spiro atoms. The first kappa shape index (κ1) is 35.9. The lowest BCUT2D eigenvalue weighted by Crippen LogP contribution is -2.16. The summed E-state index contributed by atoms with van der Waals surface area (Å²) in [6.07, 6.45) is 4.05. The van der Waals surface area contributed by atoms with Crippen LogP contribution in [0.15, 0.2) is 219 Å². The van der Waals surface area contributed by atoms with Crippen LogP contribution < -0.4 is 4.90 Å². The summed E-state index contributed by atoms with van der Waals surface area (Å²) in [5.74, 6) is 0. The Morgan fingerprint density at radius 3 is 1.81 bits per heavy atom. The summed E-state index contributed by atoms with van der Waals surface area (Å²) in [5.41, 5.74) is 18.9. The molecule has 0 aliphatic heterocycles. The van der Waals surface area contributed by atoms with Crippen LogP contribution in [0, 0.1) is 0 Å². The fourth-order valence-electron chi connectivity index (χ4n) is 9.96. The van der Waals surface area contributed by atoms with Gasteiger partial charge in [0.1, 0.15) is 0 Å². The van der Waals surface area contributed by atoms with Gasteiger partial charge in [-0.25, -0.2) is 0 Å². The standard InChI is InChI=1S/C58H42N4/c1-58(2)52-18-10-9-17-47(52)48-30-29-46(38-53(48)58)61(45-27-22-40(23-28-45)54-19-11-12-35-59-54)44-25-20-39(21-26-44)41-24-32-56-51(37-41)49-31-33-55-50(34-36-60(55)42-13-5-3-6-14-42)57(49)62(56)43-15-7-4-8-16-43/h3-38H,1-2H3. The molecule has 12 rings (SSSR count). The smallest absolute Gasteiger partial charge is 0.0701 e. The molecule has 3 aromatic heterocycles. The summed E-state index contributed by atoms with van der Waals surface area (Å²) in [4.78, 5) is 7.00. The predicted molar refractivity (Wildman–Crippen MR) is 259 cm³/mol. The Morgan fingerprint density at radius 1 is 0.435 bits per heavy atom. The van der Waals surface area contributed by atoms with Crippen molar-refractivity contribution in [3.05, 3.63) is 230 Å². The molecule has 3 heterocycles. The van der Waals surface area contributed by atoms with Gasteiger partial charge in [-0.05, 0) is 130 Å². The molecule has 0 N–H and O–H groups in total. The molecule has 0 saturated carbocycles. The number of benzene rings is 8. The number of aromatic nitrogens is 3. The van der Waals surface area contributed by atoms with Crippen molar-refractivity contribution < 1.29 is 0 Å².